The molecule has 120 valence electrons. The third-order valence-electron chi connectivity index (χ3n) is 3.99. The van der Waals surface area contributed by atoms with Crippen molar-refractivity contribution in [2.45, 2.75) is 46.1 Å². The average molecular weight is 321 g/mol. The van der Waals surface area contributed by atoms with E-state index in [4.69, 9.17) is 0 Å². The van der Waals surface area contributed by atoms with Crippen molar-refractivity contribution in [1.82, 2.24) is 14.5 Å². The lowest BCUT2D eigenvalue weighted by Gasteiger charge is -2.11. The smallest absolute Gasteiger partial charge is 0.240 e. The maximum atomic E-state index is 12.4. The van der Waals surface area contributed by atoms with Gasteiger partial charge in [0, 0.05) is 12.2 Å². The van der Waals surface area contributed by atoms with Gasteiger partial charge in [-0.25, -0.2) is 13.1 Å². The van der Waals surface area contributed by atoms with Crippen LogP contribution in [0.4, 0.5) is 0 Å². The molecule has 0 aliphatic rings. The minimum Gasteiger partial charge on any atom is -0.268 e. The molecule has 1 N–H and O–H groups in total. The van der Waals surface area contributed by atoms with Gasteiger partial charge in [-0.1, -0.05) is 12.1 Å². The fourth-order valence-corrected chi connectivity index (χ4v) is 3.71. The SMILES string of the molecule is Cc1ccc(C)c(S(=O)(=O)NCCn2nc(C)c(C)c2C)c1. The van der Waals surface area contributed by atoms with Crippen LogP contribution in [0, 0.1) is 34.6 Å². The zero-order valence-corrected chi connectivity index (χ0v) is 14.6. The van der Waals surface area contributed by atoms with Gasteiger partial charge < -0.3 is 0 Å². The second-order valence-electron chi connectivity index (χ2n) is 5.69. The van der Waals surface area contributed by atoms with Gasteiger partial charge in [0.1, 0.15) is 0 Å². The van der Waals surface area contributed by atoms with Crippen molar-refractivity contribution < 1.29 is 8.42 Å². The standard InChI is InChI=1S/C16H23N3O2S/c1-11-6-7-12(2)16(10-11)22(20,21)17-8-9-19-15(5)13(3)14(4)18-19/h6-7,10,17H,8-9H2,1-5H3. The van der Waals surface area contributed by atoms with Crippen LogP contribution in [-0.4, -0.2) is 24.7 Å². The van der Waals surface area contributed by atoms with Crippen molar-refractivity contribution in [3.63, 3.8) is 0 Å². The van der Waals surface area contributed by atoms with Crippen LogP contribution in [0.15, 0.2) is 23.1 Å². The third-order valence-corrected chi connectivity index (χ3v) is 5.60. The summed E-state index contributed by atoms with van der Waals surface area (Å²) in [6.07, 6.45) is 0. The highest BCUT2D eigenvalue weighted by atomic mass is 32.2. The van der Waals surface area contributed by atoms with Crippen LogP contribution in [0.3, 0.4) is 0 Å². The molecule has 0 unspecified atom stereocenters. The van der Waals surface area contributed by atoms with E-state index in [0.717, 1.165) is 28.1 Å². The highest BCUT2D eigenvalue weighted by Crippen LogP contribution is 2.16. The summed E-state index contributed by atoms with van der Waals surface area (Å²) in [6.45, 7) is 10.5. The molecule has 22 heavy (non-hydrogen) atoms. The van der Waals surface area contributed by atoms with Crippen LogP contribution in [-0.2, 0) is 16.6 Å². The minimum absolute atomic E-state index is 0.317. The van der Waals surface area contributed by atoms with Crippen molar-refractivity contribution in [2.24, 2.45) is 0 Å². The molecule has 1 aromatic carbocycles. The quantitative estimate of drug-likeness (QED) is 0.920. The summed E-state index contributed by atoms with van der Waals surface area (Å²) in [7, 11) is -3.49. The number of benzene rings is 1. The van der Waals surface area contributed by atoms with Gasteiger partial charge in [-0.2, -0.15) is 5.10 Å². The molecule has 0 amide bonds. The van der Waals surface area contributed by atoms with Gasteiger partial charge >= 0.3 is 0 Å². The second kappa shape index (κ2) is 6.22. The van der Waals surface area contributed by atoms with Crippen molar-refractivity contribution in [2.75, 3.05) is 6.54 Å². The first-order valence-electron chi connectivity index (χ1n) is 7.30. The topological polar surface area (TPSA) is 64.0 Å². The Morgan fingerprint density at radius 2 is 1.82 bits per heavy atom. The Labute approximate surface area is 132 Å². The molecule has 0 saturated heterocycles. The first-order chi connectivity index (χ1) is 10.2. The lowest BCUT2D eigenvalue weighted by atomic mass is 10.2. The lowest BCUT2D eigenvalue weighted by molar-refractivity contribution is 0.554. The van der Waals surface area contributed by atoms with E-state index in [9.17, 15) is 8.42 Å². The number of aromatic nitrogens is 2. The summed E-state index contributed by atoms with van der Waals surface area (Å²) in [5, 5.41) is 4.42. The summed E-state index contributed by atoms with van der Waals surface area (Å²) in [6, 6.07) is 5.44. The molecular formula is C16H23N3O2S. The first kappa shape index (κ1) is 16.7. The summed E-state index contributed by atoms with van der Waals surface area (Å²) in [5.41, 5.74) is 4.89. The van der Waals surface area contributed by atoms with E-state index >= 15 is 0 Å². The highest BCUT2D eigenvalue weighted by Gasteiger charge is 2.16. The van der Waals surface area contributed by atoms with E-state index in [2.05, 4.69) is 9.82 Å². The van der Waals surface area contributed by atoms with Crippen molar-refractivity contribution in [3.05, 3.63) is 46.3 Å². The molecule has 1 aromatic heterocycles. The van der Waals surface area contributed by atoms with E-state index in [0.29, 0.717) is 18.0 Å². The molecular weight excluding hydrogens is 298 g/mol. The molecule has 0 bridgehead atoms. The monoisotopic (exact) mass is 321 g/mol. The van der Waals surface area contributed by atoms with Crippen molar-refractivity contribution in [1.29, 1.82) is 0 Å². The Hall–Kier alpha value is -1.66. The first-order valence-corrected chi connectivity index (χ1v) is 8.78. The fourth-order valence-electron chi connectivity index (χ4n) is 2.36. The summed E-state index contributed by atoms with van der Waals surface area (Å²) < 4.78 is 29.3. The Morgan fingerprint density at radius 1 is 1.14 bits per heavy atom. The van der Waals surface area contributed by atoms with Gasteiger partial charge in [-0.3, -0.25) is 4.68 Å². The number of sulfonamides is 1. The van der Waals surface area contributed by atoms with Gasteiger partial charge in [0.15, 0.2) is 0 Å². The Kier molecular flexibility index (Phi) is 4.72. The van der Waals surface area contributed by atoms with Gasteiger partial charge in [0.05, 0.1) is 17.1 Å². The molecule has 0 radical (unpaired) electrons. The number of nitrogens with one attached hydrogen (secondary N) is 1. The maximum Gasteiger partial charge on any atom is 0.240 e. The van der Waals surface area contributed by atoms with Crippen LogP contribution in [0.2, 0.25) is 0 Å². The molecule has 0 saturated carbocycles. The average Bonchev–Trinajstić information content (AvgIpc) is 2.69. The predicted molar refractivity (Wildman–Crippen MR) is 87.5 cm³/mol. The predicted octanol–water partition coefficient (Wildman–Crippen LogP) is 2.40. The molecule has 2 aromatic rings. The molecule has 0 spiro atoms. The van der Waals surface area contributed by atoms with Gasteiger partial charge in [-0.05, 0) is 57.4 Å². The van der Waals surface area contributed by atoms with Crippen LogP contribution >= 0.6 is 0 Å². The molecule has 2 rings (SSSR count). The Morgan fingerprint density at radius 3 is 2.41 bits per heavy atom. The number of hydrogen-bond acceptors (Lipinski definition) is 3. The summed E-state index contributed by atoms with van der Waals surface area (Å²) in [4.78, 5) is 0.344. The van der Waals surface area contributed by atoms with E-state index < -0.39 is 10.0 Å². The van der Waals surface area contributed by atoms with Gasteiger partial charge in [0.25, 0.3) is 0 Å². The molecule has 0 aliphatic carbocycles. The molecule has 0 atom stereocenters. The van der Waals surface area contributed by atoms with E-state index in [1.165, 1.54) is 0 Å². The lowest BCUT2D eigenvalue weighted by Crippen LogP contribution is -2.28. The minimum atomic E-state index is -3.49. The van der Waals surface area contributed by atoms with Crippen LogP contribution in [0.25, 0.3) is 0 Å². The van der Waals surface area contributed by atoms with Crippen LogP contribution in [0.5, 0.6) is 0 Å². The number of nitrogens with zero attached hydrogens (tertiary/aromatic N) is 2. The number of aryl methyl sites for hydroxylation is 3. The molecule has 0 fully saturated rings. The second-order valence-corrected chi connectivity index (χ2v) is 7.42. The summed E-state index contributed by atoms with van der Waals surface area (Å²) >= 11 is 0. The van der Waals surface area contributed by atoms with Gasteiger partial charge in [-0.15, -0.1) is 0 Å². The zero-order valence-electron chi connectivity index (χ0n) is 13.8. The molecule has 0 aliphatic heterocycles. The third kappa shape index (κ3) is 3.39. The fraction of sp³-hybridized carbons (Fsp3) is 0.438. The van der Waals surface area contributed by atoms with E-state index in [-0.39, 0.29) is 0 Å². The van der Waals surface area contributed by atoms with Crippen LogP contribution < -0.4 is 4.72 Å². The normalized spacial score (nSPS) is 11.9. The largest absolute Gasteiger partial charge is 0.268 e. The molecule has 1 heterocycles. The molecule has 6 heteroatoms. The van der Waals surface area contributed by atoms with E-state index in [1.54, 1.807) is 13.0 Å². The Bertz CT molecular complexity index is 792. The van der Waals surface area contributed by atoms with Crippen molar-refractivity contribution in [3.8, 4) is 0 Å². The molecule has 5 nitrogen and oxygen atoms in total. The Balaban J connectivity index is 2.10. The number of hydrogen-bond donors (Lipinski definition) is 1. The highest BCUT2D eigenvalue weighted by molar-refractivity contribution is 7.89. The zero-order chi connectivity index (χ0) is 16.5. The number of rotatable bonds is 5. The van der Waals surface area contributed by atoms with Gasteiger partial charge in [0.2, 0.25) is 10.0 Å². The summed E-state index contributed by atoms with van der Waals surface area (Å²) in [5.74, 6) is 0. The maximum absolute atomic E-state index is 12.4. The van der Waals surface area contributed by atoms with Crippen LogP contribution in [0.1, 0.15) is 28.1 Å². The van der Waals surface area contributed by atoms with Crippen molar-refractivity contribution >= 4 is 10.0 Å². The van der Waals surface area contributed by atoms with E-state index in [1.807, 2.05) is 44.5 Å².